The van der Waals surface area contributed by atoms with Crippen molar-refractivity contribution in [3.8, 4) is 0 Å². The summed E-state index contributed by atoms with van der Waals surface area (Å²) >= 11 is 1.46. The fourth-order valence-corrected chi connectivity index (χ4v) is 3.92. The lowest BCUT2D eigenvalue weighted by Gasteiger charge is -2.26. The molecular weight excluding hydrogens is 353 g/mol. The summed E-state index contributed by atoms with van der Waals surface area (Å²) in [7, 11) is 0. The Morgan fingerprint density at radius 3 is 2.69 bits per heavy atom. The Labute approximate surface area is 155 Å². The number of fused-ring (bicyclic) bond motifs is 1. The normalized spacial score (nSPS) is 15.7. The van der Waals surface area contributed by atoms with E-state index >= 15 is 0 Å². The standard InChI is InChI=1S/C19H20FN3O2S/c20-15-8-4-7-14-16(9-10-26-18(14)15)23-17(24)12-22-19(25)21-11-13-5-2-1-3-6-13/h1-8,16H,9-12H2,(H,23,24)(H2,21,22,25)/t16-/m0/s1. The Morgan fingerprint density at radius 2 is 1.88 bits per heavy atom. The molecule has 3 N–H and O–H groups in total. The zero-order chi connectivity index (χ0) is 18.4. The van der Waals surface area contributed by atoms with Crippen molar-refractivity contribution in [2.45, 2.75) is 23.9 Å². The minimum atomic E-state index is -0.408. The van der Waals surface area contributed by atoms with E-state index in [0.29, 0.717) is 11.4 Å². The van der Waals surface area contributed by atoms with Crippen molar-refractivity contribution < 1.29 is 14.0 Å². The third-order valence-corrected chi connectivity index (χ3v) is 5.23. The molecule has 0 saturated heterocycles. The van der Waals surface area contributed by atoms with E-state index in [1.54, 1.807) is 6.07 Å². The molecule has 5 nitrogen and oxygen atoms in total. The number of nitrogens with one attached hydrogen (secondary N) is 3. The summed E-state index contributed by atoms with van der Waals surface area (Å²) in [4.78, 5) is 24.5. The molecule has 26 heavy (non-hydrogen) atoms. The van der Waals surface area contributed by atoms with E-state index in [1.165, 1.54) is 17.8 Å². The topological polar surface area (TPSA) is 70.2 Å². The smallest absolute Gasteiger partial charge is 0.315 e. The average Bonchev–Trinajstić information content (AvgIpc) is 2.66. The Morgan fingerprint density at radius 1 is 1.08 bits per heavy atom. The maximum absolute atomic E-state index is 13.9. The quantitative estimate of drug-likeness (QED) is 0.755. The lowest BCUT2D eigenvalue weighted by atomic mass is 10.0. The molecule has 2 aromatic carbocycles. The van der Waals surface area contributed by atoms with Crippen LogP contribution in [0.15, 0.2) is 53.4 Å². The van der Waals surface area contributed by atoms with Gasteiger partial charge in [-0.25, -0.2) is 9.18 Å². The molecule has 3 rings (SSSR count). The van der Waals surface area contributed by atoms with Crippen molar-refractivity contribution in [2.24, 2.45) is 0 Å². The molecule has 1 heterocycles. The van der Waals surface area contributed by atoms with Crippen molar-refractivity contribution in [1.29, 1.82) is 0 Å². The highest BCUT2D eigenvalue weighted by atomic mass is 32.2. The Hall–Kier alpha value is -2.54. The summed E-state index contributed by atoms with van der Waals surface area (Å²) < 4.78 is 13.9. The van der Waals surface area contributed by atoms with Gasteiger partial charge in [-0.15, -0.1) is 11.8 Å². The molecule has 0 saturated carbocycles. The molecule has 136 valence electrons. The fourth-order valence-electron chi connectivity index (χ4n) is 2.78. The highest BCUT2D eigenvalue weighted by Crippen LogP contribution is 2.37. The second kappa shape index (κ2) is 8.71. The number of carbonyl (C=O) groups excluding carboxylic acids is 2. The van der Waals surface area contributed by atoms with Gasteiger partial charge in [-0.2, -0.15) is 0 Å². The van der Waals surface area contributed by atoms with E-state index in [4.69, 9.17) is 0 Å². The largest absolute Gasteiger partial charge is 0.348 e. The molecule has 1 aliphatic rings. The van der Waals surface area contributed by atoms with Crippen LogP contribution in [0, 0.1) is 5.82 Å². The van der Waals surface area contributed by atoms with Gasteiger partial charge in [0, 0.05) is 17.2 Å². The van der Waals surface area contributed by atoms with Crippen LogP contribution in [-0.2, 0) is 11.3 Å². The van der Waals surface area contributed by atoms with Gasteiger partial charge >= 0.3 is 6.03 Å². The summed E-state index contributed by atoms with van der Waals surface area (Å²) in [5, 5.41) is 8.10. The van der Waals surface area contributed by atoms with Gasteiger partial charge in [-0.3, -0.25) is 4.79 Å². The third-order valence-electron chi connectivity index (χ3n) is 4.07. The van der Waals surface area contributed by atoms with Crippen LogP contribution < -0.4 is 16.0 Å². The first-order valence-electron chi connectivity index (χ1n) is 8.39. The van der Waals surface area contributed by atoms with Crippen LogP contribution in [0.5, 0.6) is 0 Å². The van der Waals surface area contributed by atoms with Gasteiger partial charge in [-0.1, -0.05) is 42.5 Å². The maximum Gasteiger partial charge on any atom is 0.315 e. The Bertz CT molecular complexity index is 786. The summed E-state index contributed by atoms with van der Waals surface area (Å²) in [6.45, 7) is 0.260. The van der Waals surface area contributed by atoms with Crippen molar-refractivity contribution in [2.75, 3.05) is 12.3 Å². The zero-order valence-electron chi connectivity index (χ0n) is 14.1. The number of urea groups is 1. The van der Waals surface area contributed by atoms with E-state index in [1.807, 2.05) is 36.4 Å². The second-order valence-corrected chi connectivity index (χ2v) is 7.04. The van der Waals surface area contributed by atoms with Crippen LogP contribution in [0.4, 0.5) is 9.18 Å². The summed E-state index contributed by atoms with van der Waals surface area (Å²) in [5.74, 6) is 0.181. The molecule has 0 aromatic heterocycles. The lowest BCUT2D eigenvalue weighted by molar-refractivity contribution is -0.120. The predicted molar refractivity (Wildman–Crippen MR) is 99.3 cm³/mol. The summed E-state index contributed by atoms with van der Waals surface area (Å²) in [6.07, 6.45) is 0.729. The number of hydrogen-bond acceptors (Lipinski definition) is 3. The molecule has 0 spiro atoms. The predicted octanol–water partition coefficient (Wildman–Crippen LogP) is 2.98. The van der Waals surface area contributed by atoms with Crippen LogP contribution in [0.3, 0.4) is 0 Å². The minimum Gasteiger partial charge on any atom is -0.348 e. The lowest BCUT2D eigenvalue weighted by Crippen LogP contribution is -2.43. The van der Waals surface area contributed by atoms with E-state index < -0.39 is 6.03 Å². The Balaban J connectivity index is 1.46. The molecule has 0 bridgehead atoms. The van der Waals surface area contributed by atoms with Crippen molar-refractivity contribution >= 4 is 23.7 Å². The highest BCUT2D eigenvalue weighted by Gasteiger charge is 2.24. The molecule has 7 heteroatoms. The van der Waals surface area contributed by atoms with Gasteiger partial charge in [0.05, 0.1) is 12.6 Å². The van der Waals surface area contributed by atoms with E-state index in [0.717, 1.165) is 23.3 Å². The van der Waals surface area contributed by atoms with Gasteiger partial charge in [-0.05, 0) is 23.6 Å². The molecule has 3 amide bonds. The van der Waals surface area contributed by atoms with Crippen LogP contribution in [-0.4, -0.2) is 24.2 Å². The minimum absolute atomic E-state index is 0.130. The molecule has 0 radical (unpaired) electrons. The molecule has 1 aliphatic heterocycles. The average molecular weight is 373 g/mol. The number of rotatable bonds is 5. The van der Waals surface area contributed by atoms with Crippen molar-refractivity contribution in [1.82, 2.24) is 16.0 Å². The van der Waals surface area contributed by atoms with Crippen molar-refractivity contribution in [3.05, 3.63) is 65.5 Å². The van der Waals surface area contributed by atoms with Crippen molar-refractivity contribution in [3.63, 3.8) is 0 Å². The molecule has 1 atom stereocenters. The van der Waals surface area contributed by atoms with Crippen LogP contribution in [0.25, 0.3) is 0 Å². The number of carbonyl (C=O) groups is 2. The summed E-state index contributed by atoms with van der Waals surface area (Å²) in [5.41, 5.74) is 1.77. The molecule has 0 unspecified atom stereocenters. The molecule has 2 aromatic rings. The fraction of sp³-hybridized carbons (Fsp3) is 0.263. The zero-order valence-corrected chi connectivity index (χ0v) is 14.9. The van der Waals surface area contributed by atoms with Crippen LogP contribution in [0.2, 0.25) is 0 Å². The van der Waals surface area contributed by atoms with E-state index in [2.05, 4.69) is 16.0 Å². The van der Waals surface area contributed by atoms with E-state index in [9.17, 15) is 14.0 Å². The highest BCUT2D eigenvalue weighted by molar-refractivity contribution is 7.99. The SMILES string of the molecule is O=C(CNC(=O)NCc1ccccc1)N[C@H]1CCSc2c(F)cccc21. The number of amides is 3. The van der Waals surface area contributed by atoms with Gasteiger partial charge < -0.3 is 16.0 Å². The molecular formula is C19H20FN3O2S. The molecule has 0 fully saturated rings. The molecule has 0 aliphatic carbocycles. The summed E-state index contributed by atoms with van der Waals surface area (Å²) in [6, 6.07) is 13.8. The first-order valence-corrected chi connectivity index (χ1v) is 9.38. The number of benzene rings is 2. The van der Waals surface area contributed by atoms with Crippen LogP contribution >= 0.6 is 11.8 Å². The number of halogens is 1. The second-order valence-electron chi connectivity index (χ2n) is 5.94. The van der Waals surface area contributed by atoms with Gasteiger partial charge in [0.15, 0.2) is 0 Å². The van der Waals surface area contributed by atoms with E-state index in [-0.39, 0.29) is 24.3 Å². The van der Waals surface area contributed by atoms with Gasteiger partial charge in [0.2, 0.25) is 5.91 Å². The first kappa shape index (κ1) is 18.3. The van der Waals surface area contributed by atoms with Crippen LogP contribution in [0.1, 0.15) is 23.6 Å². The maximum atomic E-state index is 13.9. The van der Waals surface area contributed by atoms with Gasteiger partial charge in [0.25, 0.3) is 0 Å². The Kier molecular flexibility index (Phi) is 6.12. The number of thioether (sulfide) groups is 1. The monoisotopic (exact) mass is 373 g/mol. The third kappa shape index (κ3) is 4.76. The number of hydrogen-bond donors (Lipinski definition) is 3. The first-order chi connectivity index (χ1) is 12.6. The van der Waals surface area contributed by atoms with Gasteiger partial charge in [0.1, 0.15) is 5.82 Å².